The summed E-state index contributed by atoms with van der Waals surface area (Å²) in [5.74, 6) is 0.286. The number of benzene rings is 2. The maximum atomic E-state index is 12.9. The first-order valence-electron chi connectivity index (χ1n) is 9.95. The van der Waals surface area contributed by atoms with Crippen molar-refractivity contribution in [2.45, 2.75) is 25.4 Å². The van der Waals surface area contributed by atoms with Crippen molar-refractivity contribution in [3.8, 4) is 17.2 Å². The quantitative estimate of drug-likeness (QED) is 0.547. The Bertz CT molecular complexity index is 1100. The summed E-state index contributed by atoms with van der Waals surface area (Å²) in [5, 5.41) is 10.9. The SMILES string of the molecule is COc1cc(N=Nc2cccc3c2CN(C2CCC(=O)NC2=O)C3=O)cc(OC)c1OC. The van der Waals surface area contributed by atoms with E-state index < -0.39 is 11.9 Å². The molecule has 0 spiro atoms. The van der Waals surface area contributed by atoms with Crippen molar-refractivity contribution in [1.29, 1.82) is 0 Å². The minimum atomic E-state index is -0.688. The van der Waals surface area contributed by atoms with Gasteiger partial charge in [0.1, 0.15) is 6.04 Å². The molecule has 1 N–H and O–H groups in total. The molecule has 1 fully saturated rings. The zero-order valence-corrected chi connectivity index (χ0v) is 17.9. The topological polar surface area (TPSA) is 119 Å². The molecule has 3 amide bonds. The van der Waals surface area contributed by atoms with Crippen molar-refractivity contribution in [2.24, 2.45) is 10.2 Å². The number of nitrogens with zero attached hydrogens (tertiary/aromatic N) is 3. The highest BCUT2D eigenvalue weighted by Gasteiger charge is 2.39. The van der Waals surface area contributed by atoms with E-state index in [0.29, 0.717) is 46.2 Å². The predicted molar refractivity (Wildman–Crippen MR) is 113 cm³/mol. The number of carbonyl (C=O) groups is 3. The van der Waals surface area contributed by atoms with Crippen LogP contribution < -0.4 is 19.5 Å². The van der Waals surface area contributed by atoms with Crippen molar-refractivity contribution in [2.75, 3.05) is 21.3 Å². The van der Waals surface area contributed by atoms with Crippen LogP contribution in [-0.4, -0.2) is 50.0 Å². The largest absolute Gasteiger partial charge is 0.493 e. The molecule has 1 atom stereocenters. The van der Waals surface area contributed by atoms with Gasteiger partial charge in [-0.1, -0.05) is 6.07 Å². The summed E-state index contributed by atoms with van der Waals surface area (Å²) in [4.78, 5) is 38.1. The minimum absolute atomic E-state index is 0.199. The van der Waals surface area contributed by atoms with Crippen LogP contribution in [0.15, 0.2) is 40.6 Å². The Labute approximate surface area is 184 Å². The number of hydrogen-bond acceptors (Lipinski definition) is 8. The van der Waals surface area contributed by atoms with E-state index in [9.17, 15) is 14.4 Å². The van der Waals surface area contributed by atoms with Crippen LogP contribution in [0.5, 0.6) is 17.2 Å². The van der Waals surface area contributed by atoms with Gasteiger partial charge in [0.25, 0.3) is 5.91 Å². The molecule has 2 aliphatic rings. The van der Waals surface area contributed by atoms with Crippen molar-refractivity contribution >= 4 is 29.1 Å². The van der Waals surface area contributed by atoms with Gasteiger partial charge in [-0.25, -0.2) is 0 Å². The number of ether oxygens (including phenoxy) is 3. The van der Waals surface area contributed by atoms with Gasteiger partial charge in [0.2, 0.25) is 17.6 Å². The van der Waals surface area contributed by atoms with Gasteiger partial charge in [-0.3, -0.25) is 19.7 Å². The van der Waals surface area contributed by atoms with Crippen LogP contribution in [0.1, 0.15) is 28.8 Å². The number of fused-ring (bicyclic) bond motifs is 1. The molecule has 0 aliphatic carbocycles. The van der Waals surface area contributed by atoms with Crippen LogP contribution in [0.25, 0.3) is 0 Å². The molecule has 0 radical (unpaired) electrons. The lowest BCUT2D eigenvalue weighted by molar-refractivity contribution is -0.136. The standard InChI is InChI=1S/C22H22N4O6/c1-30-17-9-12(10-18(31-2)20(17)32-3)24-25-15-6-4-5-13-14(15)11-26(22(13)29)16-7-8-19(27)23-21(16)28/h4-6,9-10,16H,7-8,11H2,1-3H3,(H,23,27,28). The van der Waals surface area contributed by atoms with E-state index >= 15 is 0 Å². The number of methoxy groups -OCH3 is 3. The van der Waals surface area contributed by atoms with E-state index in [1.54, 1.807) is 30.3 Å². The molecule has 2 heterocycles. The molecule has 0 saturated carbocycles. The zero-order chi connectivity index (χ0) is 22.8. The Balaban J connectivity index is 1.63. The lowest BCUT2D eigenvalue weighted by Gasteiger charge is -2.29. The van der Waals surface area contributed by atoms with Gasteiger partial charge in [0.05, 0.1) is 32.7 Å². The average molecular weight is 438 g/mol. The maximum absolute atomic E-state index is 12.9. The van der Waals surface area contributed by atoms with Gasteiger partial charge in [0, 0.05) is 36.2 Å². The number of nitrogens with one attached hydrogen (secondary N) is 1. The van der Waals surface area contributed by atoms with Crippen LogP contribution >= 0.6 is 0 Å². The number of carbonyl (C=O) groups excluding carboxylic acids is 3. The molecule has 2 aromatic rings. The molecule has 0 bridgehead atoms. The molecule has 1 unspecified atom stereocenters. The maximum Gasteiger partial charge on any atom is 0.255 e. The smallest absolute Gasteiger partial charge is 0.255 e. The minimum Gasteiger partial charge on any atom is -0.493 e. The van der Waals surface area contributed by atoms with Gasteiger partial charge >= 0.3 is 0 Å². The first kappa shape index (κ1) is 21.3. The summed E-state index contributed by atoms with van der Waals surface area (Å²) in [6.45, 7) is 0.213. The second-order valence-electron chi connectivity index (χ2n) is 7.29. The molecular weight excluding hydrogens is 416 g/mol. The van der Waals surface area contributed by atoms with E-state index in [4.69, 9.17) is 14.2 Å². The summed E-state index contributed by atoms with van der Waals surface area (Å²) >= 11 is 0. The van der Waals surface area contributed by atoms with Crippen LogP contribution in [-0.2, 0) is 16.1 Å². The van der Waals surface area contributed by atoms with Gasteiger partial charge in [-0.15, -0.1) is 0 Å². The summed E-state index contributed by atoms with van der Waals surface area (Å²) < 4.78 is 16.0. The van der Waals surface area contributed by atoms with Gasteiger partial charge in [-0.2, -0.15) is 10.2 Å². The highest BCUT2D eigenvalue weighted by molar-refractivity contribution is 6.06. The zero-order valence-electron chi connectivity index (χ0n) is 17.9. The van der Waals surface area contributed by atoms with Gasteiger partial charge in [-0.05, 0) is 18.6 Å². The number of azo groups is 1. The summed E-state index contributed by atoms with van der Waals surface area (Å²) in [7, 11) is 4.54. The fourth-order valence-electron chi connectivity index (χ4n) is 3.90. The van der Waals surface area contributed by atoms with Gasteiger partial charge < -0.3 is 19.1 Å². The Morgan fingerprint density at radius 3 is 2.34 bits per heavy atom. The molecule has 2 aliphatic heterocycles. The van der Waals surface area contributed by atoms with Crippen LogP contribution in [0.3, 0.4) is 0 Å². The van der Waals surface area contributed by atoms with Crippen molar-refractivity contribution in [1.82, 2.24) is 10.2 Å². The predicted octanol–water partition coefficient (Wildman–Crippen LogP) is 2.89. The van der Waals surface area contributed by atoms with Crippen molar-refractivity contribution in [3.05, 3.63) is 41.5 Å². The summed E-state index contributed by atoms with van der Waals surface area (Å²) in [6, 6.07) is 7.80. The van der Waals surface area contributed by atoms with Crippen molar-refractivity contribution < 1.29 is 28.6 Å². The Hall–Kier alpha value is -3.95. The molecule has 0 aromatic heterocycles. The molecule has 10 nitrogen and oxygen atoms in total. The molecule has 2 aromatic carbocycles. The number of hydrogen-bond donors (Lipinski definition) is 1. The van der Waals surface area contributed by atoms with E-state index in [2.05, 4.69) is 15.5 Å². The van der Waals surface area contributed by atoms with Crippen molar-refractivity contribution in [3.63, 3.8) is 0 Å². The monoisotopic (exact) mass is 438 g/mol. The lowest BCUT2D eigenvalue weighted by atomic mass is 10.0. The van der Waals surface area contributed by atoms with E-state index in [1.807, 2.05) is 0 Å². The second-order valence-corrected chi connectivity index (χ2v) is 7.29. The Morgan fingerprint density at radius 1 is 1.00 bits per heavy atom. The first-order valence-corrected chi connectivity index (χ1v) is 9.95. The van der Waals surface area contributed by atoms with E-state index in [-0.39, 0.29) is 24.8 Å². The number of rotatable bonds is 6. The molecule has 166 valence electrons. The summed E-state index contributed by atoms with van der Waals surface area (Å²) in [5.41, 5.74) is 2.14. The van der Waals surface area contributed by atoms with Crippen LogP contribution in [0, 0.1) is 0 Å². The third-order valence-electron chi connectivity index (χ3n) is 5.48. The fraction of sp³-hybridized carbons (Fsp3) is 0.318. The van der Waals surface area contributed by atoms with Crippen LogP contribution in [0.4, 0.5) is 11.4 Å². The lowest BCUT2D eigenvalue weighted by Crippen LogP contribution is -2.52. The highest BCUT2D eigenvalue weighted by atomic mass is 16.5. The normalized spacial score (nSPS) is 18.0. The van der Waals surface area contributed by atoms with Crippen LogP contribution in [0.2, 0.25) is 0 Å². The summed E-state index contributed by atoms with van der Waals surface area (Å²) in [6.07, 6.45) is 0.497. The Morgan fingerprint density at radius 2 is 1.72 bits per heavy atom. The number of imide groups is 1. The molecule has 4 rings (SSSR count). The van der Waals surface area contributed by atoms with E-state index in [1.165, 1.54) is 26.2 Å². The average Bonchev–Trinajstić information content (AvgIpc) is 3.13. The number of piperidine rings is 1. The van der Waals surface area contributed by atoms with E-state index in [0.717, 1.165) is 0 Å². The molecule has 32 heavy (non-hydrogen) atoms. The fourth-order valence-corrected chi connectivity index (χ4v) is 3.90. The third kappa shape index (κ3) is 3.75. The number of amides is 3. The molecular formula is C22H22N4O6. The third-order valence-corrected chi connectivity index (χ3v) is 5.48. The Kier molecular flexibility index (Phi) is 5.76. The molecule has 1 saturated heterocycles. The highest BCUT2D eigenvalue weighted by Crippen LogP contribution is 2.41. The first-order chi connectivity index (χ1) is 15.5. The second kappa shape index (κ2) is 8.66. The molecule has 10 heteroatoms. The van der Waals surface area contributed by atoms with Gasteiger partial charge in [0.15, 0.2) is 11.5 Å².